The number of amides is 2. The zero-order valence-corrected chi connectivity index (χ0v) is 10.3. The normalized spacial score (nSPS) is 10.1. The second-order valence-corrected chi connectivity index (χ2v) is 3.96. The first-order valence-corrected chi connectivity index (χ1v) is 5.61. The van der Waals surface area contributed by atoms with Crippen molar-refractivity contribution in [2.45, 2.75) is 20.3 Å². The second-order valence-electron chi connectivity index (χ2n) is 3.96. The van der Waals surface area contributed by atoms with Crippen molar-refractivity contribution in [1.29, 1.82) is 0 Å². The molecule has 4 nitrogen and oxygen atoms in total. The monoisotopic (exact) mass is 234 g/mol. The van der Waals surface area contributed by atoms with Crippen molar-refractivity contribution in [3.05, 3.63) is 35.4 Å². The first kappa shape index (κ1) is 13.4. The molecule has 1 aromatic rings. The number of nitrogens with zero attached hydrogens (tertiary/aromatic N) is 1. The molecule has 0 fully saturated rings. The molecule has 17 heavy (non-hydrogen) atoms. The summed E-state index contributed by atoms with van der Waals surface area (Å²) in [4.78, 5) is 24.4. The first-order valence-electron chi connectivity index (χ1n) is 5.61. The average Bonchev–Trinajstić information content (AvgIpc) is 2.28. The van der Waals surface area contributed by atoms with E-state index in [2.05, 4.69) is 0 Å². The number of nitrogens with two attached hydrogens (primary N) is 1. The molecule has 0 saturated heterocycles. The Morgan fingerprint density at radius 2 is 1.94 bits per heavy atom. The lowest BCUT2D eigenvalue weighted by atomic mass is 10.1. The third-order valence-electron chi connectivity index (χ3n) is 2.64. The molecule has 92 valence electrons. The number of hydrogen-bond donors (Lipinski definition) is 1. The Morgan fingerprint density at radius 3 is 2.47 bits per heavy atom. The quantitative estimate of drug-likeness (QED) is 0.840. The molecule has 0 aliphatic carbocycles. The molecular formula is C13H18N2O2. The van der Waals surface area contributed by atoms with E-state index in [1.807, 2.05) is 31.2 Å². The third kappa shape index (κ3) is 3.67. The van der Waals surface area contributed by atoms with Crippen LogP contribution in [-0.2, 0) is 16.0 Å². The molecule has 2 amide bonds. The standard InChI is InChI=1S/C13H18N2O2/c1-10-5-3-4-6-12(10)9-13(17)15(8-7-14)11(2)16/h3-6H,7-9,14H2,1-2H3. The van der Waals surface area contributed by atoms with Crippen LogP contribution in [0.1, 0.15) is 18.1 Å². The van der Waals surface area contributed by atoms with E-state index in [1.165, 1.54) is 11.8 Å². The van der Waals surface area contributed by atoms with E-state index in [0.29, 0.717) is 6.54 Å². The van der Waals surface area contributed by atoms with Crippen LogP contribution in [0.25, 0.3) is 0 Å². The summed E-state index contributed by atoms with van der Waals surface area (Å²) in [6, 6.07) is 7.65. The summed E-state index contributed by atoms with van der Waals surface area (Å²) in [5, 5.41) is 0. The van der Waals surface area contributed by atoms with Gasteiger partial charge >= 0.3 is 0 Å². The van der Waals surface area contributed by atoms with Crippen molar-refractivity contribution in [3.8, 4) is 0 Å². The Balaban J connectivity index is 2.77. The summed E-state index contributed by atoms with van der Waals surface area (Å²) >= 11 is 0. The molecule has 0 bridgehead atoms. The molecule has 0 saturated carbocycles. The molecular weight excluding hydrogens is 216 g/mol. The zero-order chi connectivity index (χ0) is 12.8. The number of imide groups is 1. The maximum Gasteiger partial charge on any atom is 0.233 e. The van der Waals surface area contributed by atoms with Crippen LogP contribution in [0.2, 0.25) is 0 Å². The van der Waals surface area contributed by atoms with Crippen molar-refractivity contribution in [2.24, 2.45) is 5.73 Å². The van der Waals surface area contributed by atoms with Gasteiger partial charge in [0.25, 0.3) is 0 Å². The van der Waals surface area contributed by atoms with Crippen molar-refractivity contribution >= 4 is 11.8 Å². The van der Waals surface area contributed by atoms with Gasteiger partial charge in [-0.3, -0.25) is 14.5 Å². The summed E-state index contributed by atoms with van der Waals surface area (Å²) in [7, 11) is 0. The number of carbonyl (C=O) groups excluding carboxylic acids is 2. The number of carbonyl (C=O) groups is 2. The fourth-order valence-electron chi connectivity index (χ4n) is 1.65. The minimum atomic E-state index is -0.256. The highest BCUT2D eigenvalue weighted by molar-refractivity contribution is 5.95. The van der Waals surface area contributed by atoms with Crippen LogP contribution in [0.5, 0.6) is 0 Å². The van der Waals surface area contributed by atoms with Gasteiger partial charge in [0.15, 0.2) is 0 Å². The summed E-state index contributed by atoms with van der Waals surface area (Å²) in [5.41, 5.74) is 7.38. The maximum absolute atomic E-state index is 11.9. The Labute approximate surface area is 101 Å². The lowest BCUT2D eigenvalue weighted by Crippen LogP contribution is -2.39. The fraction of sp³-hybridized carbons (Fsp3) is 0.385. The third-order valence-corrected chi connectivity index (χ3v) is 2.64. The van der Waals surface area contributed by atoms with Gasteiger partial charge < -0.3 is 5.73 Å². The molecule has 1 rings (SSSR count). The van der Waals surface area contributed by atoms with Crippen LogP contribution in [0.3, 0.4) is 0 Å². The highest BCUT2D eigenvalue weighted by atomic mass is 16.2. The van der Waals surface area contributed by atoms with Gasteiger partial charge in [0.2, 0.25) is 11.8 Å². The zero-order valence-electron chi connectivity index (χ0n) is 10.3. The average molecular weight is 234 g/mol. The highest BCUT2D eigenvalue weighted by Crippen LogP contribution is 2.09. The molecule has 0 aliphatic heterocycles. The van der Waals surface area contributed by atoms with Crippen LogP contribution < -0.4 is 5.73 Å². The molecule has 2 N–H and O–H groups in total. The van der Waals surface area contributed by atoms with E-state index >= 15 is 0 Å². The first-order chi connectivity index (χ1) is 8.06. The number of benzene rings is 1. The molecule has 0 heterocycles. The lowest BCUT2D eigenvalue weighted by molar-refractivity contribution is -0.142. The smallest absolute Gasteiger partial charge is 0.233 e. The minimum Gasteiger partial charge on any atom is -0.329 e. The van der Waals surface area contributed by atoms with E-state index < -0.39 is 0 Å². The number of hydrogen-bond acceptors (Lipinski definition) is 3. The largest absolute Gasteiger partial charge is 0.329 e. The second kappa shape index (κ2) is 6.15. The Kier molecular flexibility index (Phi) is 4.84. The highest BCUT2D eigenvalue weighted by Gasteiger charge is 2.17. The van der Waals surface area contributed by atoms with Gasteiger partial charge in [-0.1, -0.05) is 24.3 Å². The fourth-order valence-corrected chi connectivity index (χ4v) is 1.65. The molecule has 0 atom stereocenters. The minimum absolute atomic E-state index is 0.197. The van der Waals surface area contributed by atoms with Gasteiger partial charge in [0.1, 0.15) is 0 Å². The summed E-state index contributed by atoms with van der Waals surface area (Å²) in [5.74, 6) is -0.453. The number of aryl methyl sites for hydroxylation is 1. The number of rotatable bonds is 4. The predicted molar refractivity (Wildman–Crippen MR) is 66.3 cm³/mol. The lowest BCUT2D eigenvalue weighted by Gasteiger charge is -2.18. The van der Waals surface area contributed by atoms with Crippen molar-refractivity contribution in [2.75, 3.05) is 13.1 Å². The van der Waals surface area contributed by atoms with Crippen LogP contribution in [-0.4, -0.2) is 29.8 Å². The van der Waals surface area contributed by atoms with E-state index in [9.17, 15) is 9.59 Å². The summed E-state index contributed by atoms with van der Waals surface area (Å²) in [6.45, 7) is 3.90. The van der Waals surface area contributed by atoms with Crippen molar-refractivity contribution in [1.82, 2.24) is 4.90 Å². The maximum atomic E-state index is 11.9. The van der Waals surface area contributed by atoms with E-state index in [-0.39, 0.29) is 24.8 Å². The summed E-state index contributed by atoms with van der Waals surface area (Å²) in [6.07, 6.45) is 0.242. The predicted octanol–water partition coefficient (Wildman–Crippen LogP) is 0.871. The van der Waals surface area contributed by atoms with Gasteiger partial charge in [0, 0.05) is 20.0 Å². The van der Waals surface area contributed by atoms with Crippen LogP contribution in [0.15, 0.2) is 24.3 Å². The van der Waals surface area contributed by atoms with Gasteiger partial charge in [-0.15, -0.1) is 0 Å². The van der Waals surface area contributed by atoms with E-state index in [1.54, 1.807) is 0 Å². The van der Waals surface area contributed by atoms with E-state index in [4.69, 9.17) is 5.73 Å². The van der Waals surface area contributed by atoms with Crippen LogP contribution in [0, 0.1) is 6.92 Å². The van der Waals surface area contributed by atoms with Crippen LogP contribution in [0.4, 0.5) is 0 Å². The Bertz CT molecular complexity index is 416. The molecule has 4 heteroatoms. The molecule has 0 spiro atoms. The topological polar surface area (TPSA) is 63.4 Å². The van der Waals surface area contributed by atoms with Gasteiger partial charge in [-0.2, -0.15) is 0 Å². The molecule has 0 aromatic heterocycles. The van der Waals surface area contributed by atoms with Crippen molar-refractivity contribution in [3.63, 3.8) is 0 Å². The van der Waals surface area contributed by atoms with Gasteiger partial charge in [-0.05, 0) is 18.1 Å². The molecule has 0 aliphatic rings. The van der Waals surface area contributed by atoms with Gasteiger partial charge in [-0.25, -0.2) is 0 Å². The summed E-state index contributed by atoms with van der Waals surface area (Å²) < 4.78 is 0. The molecule has 0 unspecified atom stereocenters. The Hall–Kier alpha value is -1.68. The molecule has 0 radical (unpaired) electrons. The molecule has 1 aromatic carbocycles. The van der Waals surface area contributed by atoms with Crippen molar-refractivity contribution < 1.29 is 9.59 Å². The van der Waals surface area contributed by atoms with Gasteiger partial charge in [0.05, 0.1) is 6.42 Å². The SMILES string of the molecule is CC(=O)N(CCN)C(=O)Cc1ccccc1C. The Morgan fingerprint density at radius 1 is 1.29 bits per heavy atom. The van der Waals surface area contributed by atoms with Crippen LogP contribution >= 0.6 is 0 Å². The van der Waals surface area contributed by atoms with E-state index in [0.717, 1.165) is 11.1 Å².